The Morgan fingerprint density at radius 3 is 3.12 bits per heavy atom. The van der Waals surface area contributed by atoms with Gasteiger partial charge in [-0.3, -0.25) is 9.59 Å². The van der Waals surface area contributed by atoms with E-state index in [4.69, 9.17) is 14.2 Å². The summed E-state index contributed by atoms with van der Waals surface area (Å²) in [6, 6.07) is 0. The van der Waals surface area contributed by atoms with Crippen molar-refractivity contribution in [3.05, 3.63) is 12.2 Å². The number of nitrogens with zero attached hydrogens (tertiary/aromatic N) is 1. The average molecular weight is 335 g/mol. The van der Waals surface area contributed by atoms with E-state index in [2.05, 4.69) is 6.92 Å². The van der Waals surface area contributed by atoms with E-state index >= 15 is 0 Å². The molecule has 24 heavy (non-hydrogen) atoms. The highest BCUT2D eigenvalue weighted by molar-refractivity contribution is 5.91. The van der Waals surface area contributed by atoms with E-state index < -0.39 is 17.4 Å². The lowest BCUT2D eigenvalue weighted by Crippen LogP contribution is -2.40. The van der Waals surface area contributed by atoms with E-state index in [1.807, 2.05) is 17.1 Å². The van der Waals surface area contributed by atoms with Crippen LogP contribution in [0.2, 0.25) is 0 Å². The molecule has 0 saturated carbocycles. The SMILES string of the molecule is CCCCOC(=O)[C@@H]1[C@@H]2C=C[C@@]3(CN(C[C@@H]4CCCO4)C(=O)[C@H]13)O2. The van der Waals surface area contributed by atoms with Crippen LogP contribution in [0.4, 0.5) is 0 Å². The molecular formula is C18H25NO5. The van der Waals surface area contributed by atoms with E-state index in [9.17, 15) is 9.59 Å². The lowest BCUT2D eigenvalue weighted by atomic mass is 9.77. The van der Waals surface area contributed by atoms with Gasteiger partial charge in [-0.25, -0.2) is 0 Å². The minimum Gasteiger partial charge on any atom is -0.465 e. The molecule has 0 radical (unpaired) electrons. The van der Waals surface area contributed by atoms with E-state index in [0.717, 1.165) is 32.3 Å². The zero-order valence-electron chi connectivity index (χ0n) is 14.1. The molecule has 4 heterocycles. The molecule has 0 unspecified atom stereocenters. The Morgan fingerprint density at radius 2 is 2.38 bits per heavy atom. The molecule has 2 bridgehead atoms. The fourth-order valence-corrected chi connectivity index (χ4v) is 4.45. The second-order valence-corrected chi connectivity index (χ2v) is 7.27. The molecule has 0 aromatic rings. The third-order valence-electron chi connectivity index (χ3n) is 5.64. The van der Waals surface area contributed by atoms with Crippen LogP contribution < -0.4 is 0 Å². The van der Waals surface area contributed by atoms with Crippen LogP contribution in [0.1, 0.15) is 32.6 Å². The summed E-state index contributed by atoms with van der Waals surface area (Å²) in [6.45, 7) is 4.34. The van der Waals surface area contributed by atoms with Gasteiger partial charge in [-0.15, -0.1) is 0 Å². The van der Waals surface area contributed by atoms with Crippen LogP contribution in [-0.4, -0.2) is 60.9 Å². The molecule has 3 fully saturated rings. The Bertz CT molecular complexity index is 556. The fraction of sp³-hybridized carbons (Fsp3) is 0.778. The molecule has 5 atom stereocenters. The summed E-state index contributed by atoms with van der Waals surface area (Å²) in [5, 5.41) is 0. The minimum absolute atomic E-state index is 0.00907. The van der Waals surface area contributed by atoms with Crippen molar-refractivity contribution in [3.63, 3.8) is 0 Å². The van der Waals surface area contributed by atoms with Crippen molar-refractivity contribution in [1.29, 1.82) is 0 Å². The number of amides is 1. The maximum atomic E-state index is 13.0. The van der Waals surface area contributed by atoms with Gasteiger partial charge in [-0.05, 0) is 19.3 Å². The number of carbonyl (C=O) groups is 2. The number of unbranched alkanes of at least 4 members (excludes halogenated alkanes) is 1. The van der Waals surface area contributed by atoms with Crippen LogP contribution >= 0.6 is 0 Å². The molecule has 4 aliphatic heterocycles. The third-order valence-corrected chi connectivity index (χ3v) is 5.64. The van der Waals surface area contributed by atoms with Crippen molar-refractivity contribution in [3.8, 4) is 0 Å². The summed E-state index contributed by atoms with van der Waals surface area (Å²) in [5.74, 6) is -1.23. The molecule has 0 aromatic carbocycles. The number of hydrogen-bond donors (Lipinski definition) is 0. The lowest BCUT2D eigenvalue weighted by molar-refractivity contribution is -0.154. The Balaban J connectivity index is 1.48. The Hall–Kier alpha value is -1.40. The van der Waals surface area contributed by atoms with E-state index in [0.29, 0.717) is 19.7 Å². The summed E-state index contributed by atoms with van der Waals surface area (Å²) in [4.78, 5) is 27.3. The Labute approximate surface area is 142 Å². The smallest absolute Gasteiger partial charge is 0.312 e. The summed E-state index contributed by atoms with van der Waals surface area (Å²) in [5.41, 5.74) is -0.644. The van der Waals surface area contributed by atoms with Crippen molar-refractivity contribution in [2.24, 2.45) is 11.8 Å². The average Bonchev–Trinajstić information content (AvgIpc) is 3.31. The van der Waals surface area contributed by atoms with Crippen LogP contribution in [-0.2, 0) is 23.8 Å². The number of rotatable bonds is 6. The van der Waals surface area contributed by atoms with Crippen LogP contribution in [0.15, 0.2) is 12.2 Å². The van der Waals surface area contributed by atoms with Crippen LogP contribution in [0.3, 0.4) is 0 Å². The summed E-state index contributed by atoms with van der Waals surface area (Å²) in [6.07, 6.45) is 7.54. The standard InChI is InChI=1S/C18H25NO5/c1-2-3-8-23-17(21)14-13-6-7-18(24-13)11-19(16(20)15(14)18)10-12-5-4-9-22-12/h6-7,12-15H,2-5,8-11H2,1H3/t12-,13-,14+,15-,18-/m0/s1. The zero-order valence-corrected chi connectivity index (χ0v) is 14.1. The lowest BCUT2D eigenvalue weighted by Gasteiger charge is -2.23. The first-order valence-corrected chi connectivity index (χ1v) is 9.09. The Morgan fingerprint density at radius 1 is 1.50 bits per heavy atom. The zero-order chi connectivity index (χ0) is 16.7. The Kier molecular flexibility index (Phi) is 4.12. The molecule has 4 rings (SSSR count). The molecule has 6 heteroatoms. The number of hydrogen-bond acceptors (Lipinski definition) is 5. The predicted octanol–water partition coefficient (Wildman–Crippen LogP) is 1.29. The third kappa shape index (κ3) is 2.47. The predicted molar refractivity (Wildman–Crippen MR) is 85.1 cm³/mol. The first-order valence-electron chi connectivity index (χ1n) is 9.09. The van der Waals surface area contributed by atoms with Gasteiger partial charge in [0.05, 0.1) is 31.3 Å². The monoisotopic (exact) mass is 335 g/mol. The van der Waals surface area contributed by atoms with Gasteiger partial charge in [-0.2, -0.15) is 0 Å². The van der Waals surface area contributed by atoms with Gasteiger partial charge in [0, 0.05) is 13.2 Å². The normalized spacial score (nSPS) is 39.7. The molecular weight excluding hydrogens is 310 g/mol. The number of ether oxygens (including phenoxy) is 3. The van der Waals surface area contributed by atoms with E-state index in [1.165, 1.54) is 0 Å². The molecule has 0 N–H and O–H groups in total. The van der Waals surface area contributed by atoms with Gasteiger partial charge >= 0.3 is 5.97 Å². The number of likely N-dealkylation sites (tertiary alicyclic amines) is 1. The first kappa shape index (κ1) is 16.1. The van der Waals surface area contributed by atoms with E-state index in [-0.39, 0.29) is 24.1 Å². The molecule has 132 valence electrons. The van der Waals surface area contributed by atoms with Crippen molar-refractivity contribution in [2.45, 2.75) is 50.4 Å². The van der Waals surface area contributed by atoms with Crippen molar-refractivity contribution < 1.29 is 23.8 Å². The minimum atomic E-state index is -0.644. The maximum absolute atomic E-state index is 13.0. The summed E-state index contributed by atoms with van der Waals surface area (Å²) >= 11 is 0. The van der Waals surface area contributed by atoms with Gasteiger partial charge in [0.15, 0.2) is 0 Å². The second-order valence-electron chi connectivity index (χ2n) is 7.27. The van der Waals surface area contributed by atoms with Crippen molar-refractivity contribution >= 4 is 11.9 Å². The van der Waals surface area contributed by atoms with Crippen LogP contribution in [0.25, 0.3) is 0 Å². The molecule has 1 amide bonds. The maximum Gasteiger partial charge on any atom is 0.312 e. The topological polar surface area (TPSA) is 65.1 Å². The summed E-state index contributed by atoms with van der Waals surface area (Å²) in [7, 11) is 0. The highest BCUT2D eigenvalue weighted by Crippen LogP contribution is 2.52. The van der Waals surface area contributed by atoms with E-state index in [1.54, 1.807) is 0 Å². The number of fused-ring (bicyclic) bond motifs is 1. The number of carbonyl (C=O) groups excluding carboxylic acids is 2. The van der Waals surface area contributed by atoms with Crippen molar-refractivity contribution in [1.82, 2.24) is 4.90 Å². The number of esters is 1. The van der Waals surface area contributed by atoms with Crippen molar-refractivity contribution in [2.75, 3.05) is 26.3 Å². The van der Waals surface area contributed by atoms with Gasteiger partial charge < -0.3 is 19.1 Å². The molecule has 3 saturated heterocycles. The van der Waals surface area contributed by atoms with Gasteiger partial charge in [0.25, 0.3) is 0 Å². The summed E-state index contributed by atoms with van der Waals surface area (Å²) < 4.78 is 17.1. The first-order chi connectivity index (χ1) is 11.6. The second kappa shape index (κ2) is 6.15. The fourth-order valence-electron chi connectivity index (χ4n) is 4.45. The highest BCUT2D eigenvalue weighted by Gasteiger charge is 2.67. The highest BCUT2D eigenvalue weighted by atomic mass is 16.6. The molecule has 4 aliphatic rings. The molecule has 0 aromatic heterocycles. The van der Waals surface area contributed by atoms with Gasteiger partial charge in [-0.1, -0.05) is 25.5 Å². The quantitative estimate of drug-likeness (QED) is 0.416. The largest absolute Gasteiger partial charge is 0.465 e. The molecule has 1 spiro atoms. The van der Waals surface area contributed by atoms with Gasteiger partial charge in [0.2, 0.25) is 5.91 Å². The molecule has 6 nitrogen and oxygen atoms in total. The molecule has 0 aliphatic carbocycles. The van der Waals surface area contributed by atoms with Crippen LogP contribution in [0, 0.1) is 11.8 Å². The van der Waals surface area contributed by atoms with Crippen LogP contribution in [0.5, 0.6) is 0 Å². The van der Waals surface area contributed by atoms with Gasteiger partial charge in [0.1, 0.15) is 11.5 Å².